The fraction of sp³-hybridized carbons (Fsp3) is 0.222. The van der Waals surface area contributed by atoms with Crippen LogP contribution in [0.5, 0.6) is 0 Å². The Labute approximate surface area is 95.5 Å². The zero-order chi connectivity index (χ0) is 10.7. The maximum atomic E-state index is 4.26. The number of H-pyrrole nitrogens is 1. The molecule has 0 saturated heterocycles. The van der Waals surface area contributed by atoms with Crippen molar-refractivity contribution in [3.05, 3.63) is 34.5 Å². The number of halogens is 1. The highest BCUT2D eigenvalue weighted by atomic mass is 79.9. The Morgan fingerprint density at radius 1 is 1.47 bits per heavy atom. The molecule has 0 radical (unpaired) electrons. The highest BCUT2D eigenvalue weighted by Crippen LogP contribution is 2.16. The van der Waals surface area contributed by atoms with E-state index in [0.29, 0.717) is 6.54 Å². The number of nitrogens with zero attached hydrogens (tertiary/aromatic N) is 3. The average Bonchev–Trinajstić information content (AvgIpc) is 2.69. The lowest BCUT2D eigenvalue weighted by Gasteiger charge is -2.06. The first-order valence-electron chi connectivity index (χ1n) is 4.46. The molecule has 0 aliphatic rings. The van der Waals surface area contributed by atoms with Crippen molar-refractivity contribution in [1.82, 2.24) is 20.2 Å². The third-order valence-corrected chi connectivity index (χ3v) is 2.37. The first kappa shape index (κ1) is 10.1. The summed E-state index contributed by atoms with van der Waals surface area (Å²) < 4.78 is 0.977. The number of anilines is 1. The van der Waals surface area contributed by atoms with Crippen molar-refractivity contribution in [3.63, 3.8) is 0 Å². The predicted octanol–water partition coefficient (Wildman–Crippen LogP) is 1.88. The van der Waals surface area contributed by atoms with Crippen LogP contribution in [0.25, 0.3) is 0 Å². The molecule has 0 unspecified atom stereocenters. The van der Waals surface area contributed by atoms with Crippen molar-refractivity contribution in [2.75, 3.05) is 5.32 Å². The van der Waals surface area contributed by atoms with Crippen LogP contribution in [0.3, 0.4) is 0 Å². The molecule has 2 N–H and O–H groups in total. The number of aryl methyl sites for hydroxylation is 1. The average molecular weight is 268 g/mol. The summed E-state index contributed by atoms with van der Waals surface area (Å²) >= 11 is 3.37. The minimum atomic E-state index is 0.593. The van der Waals surface area contributed by atoms with Gasteiger partial charge in [-0.25, -0.2) is 9.97 Å². The summed E-state index contributed by atoms with van der Waals surface area (Å²) in [4.78, 5) is 8.27. The van der Waals surface area contributed by atoms with Gasteiger partial charge in [-0.15, -0.1) is 0 Å². The van der Waals surface area contributed by atoms with Gasteiger partial charge in [0.25, 0.3) is 0 Å². The second-order valence-electron chi connectivity index (χ2n) is 3.10. The number of hydrogen-bond donors (Lipinski definition) is 2. The van der Waals surface area contributed by atoms with Crippen molar-refractivity contribution in [2.24, 2.45) is 0 Å². The molecule has 0 bridgehead atoms. The molecule has 0 saturated carbocycles. The van der Waals surface area contributed by atoms with Crippen LogP contribution >= 0.6 is 15.9 Å². The monoisotopic (exact) mass is 267 g/mol. The molecular formula is C9H10BrN5. The number of aromatic nitrogens is 4. The van der Waals surface area contributed by atoms with Gasteiger partial charge in [-0.3, -0.25) is 5.10 Å². The number of nitrogens with one attached hydrogen (secondary N) is 2. The van der Waals surface area contributed by atoms with E-state index < -0.39 is 0 Å². The van der Waals surface area contributed by atoms with Crippen LogP contribution in [0.1, 0.15) is 11.4 Å². The summed E-state index contributed by atoms with van der Waals surface area (Å²) in [6, 6.07) is 2.01. The lowest BCUT2D eigenvalue weighted by molar-refractivity contribution is 0.945. The smallest absolute Gasteiger partial charge is 0.143 e. The van der Waals surface area contributed by atoms with Gasteiger partial charge in [-0.05, 0) is 34.5 Å². The van der Waals surface area contributed by atoms with Gasteiger partial charge in [-0.1, -0.05) is 0 Å². The second-order valence-corrected chi connectivity index (χ2v) is 4.02. The molecule has 15 heavy (non-hydrogen) atoms. The minimum Gasteiger partial charge on any atom is -0.363 e. The number of rotatable bonds is 3. The fourth-order valence-corrected chi connectivity index (χ4v) is 1.65. The van der Waals surface area contributed by atoms with Crippen LogP contribution in [-0.2, 0) is 6.54 Å². The Hall–Kier alpha value is -1.43. The SMILES string of the molecule is Cc1cc(Br)cnc1NCc1ncn[nH]1. The molecule has 2 heterocycles. The van der Waals surface area contributed by atoms with Gasteiger partial charge < -0.3 is 5.32 Å². The summed E-state index contributed by atoms with van der Waals surface area (Å²) in [5.74, 6) is 1.65. The van der Waals surface area contributed by atoms with Crippen molar-refractivity contribution >= 4 is 21.7 Å². The predicted molar refractivity (Wildman–Crippen MR) is 60.4 cm³/mol. The zero-order valence-corrected chi connectivity index (χ0v) is 9.74. The first-order chi connectivity index (χ1) is 7.25. The van der Waals surface area contributed by atoms with E-state index in [-0.39, 0.29) is 0 Å². The van der Waals surface area contributed by atoms with E-state index in [1.165, 1.54) is 6.33 Å². The van der Waals surface area contributed by atoms with Crippen LogP contribution in [0.4, 0.5) is 5.82 Å². The quantitative estimate of drug-likeness (QED) is 0.892. The van der Waals surface area contributed by atoms with E-state index in [1.807, 2.05) is 13.0 Å². The Morgan fingerprint density at radius 2 is 2.33 bits per heavy atom. The van der Waals surface area contributed by atoms with Gasteiger partial charge in [0.15, 0.2) is 0 Å². The van der Waals surface area contributed by atoms with E-state index >= 15 is 0 Å². The second kappa shape index (κ2) is 4.39. The summed E-state index contributed by atoms with van der Waals surface area (Å²) in [7, 11) is 0. The normalized spacial score (nSPS) is 10.3. The third-order valence-electron chi connectivity index (χ3n) is 1.93. The molecule has 0 aliphatic heterocycles. The molecule has 5 nitrogen and oxygen atoms in total. The molecule has 0 amide bonds. The Morgan fingerprint density at radius 3 is 3.00 bits per heavy atom. The summed E-state index contributed by atoms with van der Waals surface area (Å²) in [5, 5.41) is 9.72. The molecule has 0 atom stereocenters. The van der Waals surface area contributed by atoms with Crippen molar-refractivity contribution in [3.8, 4) is 0 Å². The Kier molecular flexibility index (Phi) is 2.96. The van der Waals surface area contributed by atoms with Crippen molar-refractivity contribution in [1.29, 1.82) is 0 Å². The van der Waals surface area contributed by atoms with E-state index in [2.05, 4.69) is 41.4 Å². The van der Waals surface area contributed by atoms with Gasteiger partial charge >= 0.3 is 0 Å². The maximum Gasteiger partial charge on any atom is 0.143 e. The molecule has 2 rings (SSSR count). The van der Waals surface area contributed by atoms with Crippen molar-refractivity contribution < 1.29 is 0 Å². The molecule has 0 aliphatic carbocycles. The highest BCUT2D eigenvalue weighted by Gasteiger charge is 2.01. The number of hydrogen-bond acceptors (Lipinski definition) is 4. The Balaban J connectivity index is 2.05. The lowest BCUT2D eigenvalue weighted by atomic mass is 10.3. The number of aromatic amines is 1. The molecule has 2 aromatic heterocycles. The van der Waals surface area contributed by atoms with Crippen LogP contribution in [0, 0.1) is 6.92 Å². The molecule has 2 aromatic rings. The zero-order valence-electron chi connectivity index (χ0n) is 8.16. The van der Waals surface area contributed by atoms with Crippen LogP contribution in [-0.4, -0.2) is 20.2 Å². The number of pyridine rings is 1. The van der Waals surface area contributed by atoms with Gasteiger partial charge in [0, 0.05) is 10.7 Å². The molecule has 0 fully saturated rings. The fourth-order valence-electron chi connectivity index (χ4n) is 1.21. The van der Waals surface area contributed by atoms with E-state index in [4.69, 9.17) is 0 Å². The topological polar surface area (TPSA) is 66.5 Å². The van der Waals surface area contributed by atoms with E-state index in [0.717, 1.165) is 21.7 Å². The summed E-state index contributed by atoms with van der Waals surface area (Å²) in [6.45, 7) is 2.59. The molecule has 0 aromatic carbocycles. The van der Waals surface area contributed by atoms with Crippen LogP contribution in [0.2, 0.25) is 0 Å². The molecule has 78 valence electrons. The summed E-state index contributed by atoms with van der Waals surface area (Å²) in [5.41, 5.74) is 1.09. The lowest BCUT2D eigenvalue weighted by Crippen LogP contribution is -2.04. The van der Waals surface area contributed by atoms with Crippen LogP contribution < -0.4 is 5.32 Å². The largest absolute Gasteiger partial charge is 0.363 e. The molecule has 0 spiro atoms. The van der Waals surface area contributed by atoms with Crippen LogP contribution in [0.15, 0.2) is 23.1 Å². The van der Waals surface area contributed by atoms with Gasteiger partial charge in [0.05, 0.1) is 6.54 Å². The van der Waals surface area contributed by atoms with Crippen molar-refractivity contribution in [2.45, 2.75) is 13.5 Å². The van der Waals surface area contributed by atoms with Gasteiger partial charge in [-0.2, -0.15) is 5.10 Å². The third kappa shape index (κ3) is 2.53. The van der Waals surface area contributed by atoms with Gasteiger partial charge in [0.2, 0.25) is 0 Å². The first-order valence-corrected chi connectivity index (χ1v) is 5.25. The highest BCUT2D eigenvalue weighted by molar-refractivity contribution is 9.10. The van der Waals surface area contributed by atoms with Gasteiger partial charge in [0.1, 0.15) is 18.0 Å². The Bertz CT molecular complexity index is 440. The van der Waals surface area contributed by atoms with E-state index in [1.54, 1.807) is 6.20 Å². The summed E-state index contributed by atoms with van der Waals surface area (Å²) in [6.07, 6.45) is 3.24. The van der Waals surface area contributed by atoms with E-state index in [9.17, 15) is 0 Å². The standard InChI is InChI=1S/C9H10BrN5/c1-6-2-7(10)3-11-9(6)12-4-8-13-5-14-15-8/h2-3,5H,4H2,1H3,(H,11,12)(H,13,14,15). The minimum absolute atomic E-state index is 0.593. The molecule has 6 heteroatoms. The maximum absolute atomic E-state index is 4.26. The molecular weight excluding hydrogens is 258 g/mol.